The lowest BCUT2D eigenvalue weighted by Crippen LogP contribution is -2.48. The molecule has 108 valence electrons. The van der Waals surface area contributed by atoms with Crippen LogP contribution < -0.4 is 5.73 Å². The molecule has 5 heteroatoms. The van der Waals surface area contributed by atoms with Crippen LogP contribution in [-0.4, -0.2) is 36.5 Å². The lowest BCUT2D eigenvalue weighted by Gasteiger charge is -2.33. The Balaban J connectivity index is 2.25. The molecule has 0 spiro atoms. The summed E-state index contributed by atoms with van der Waals surface area (Å²) in [5.74, 6) is -0.509. The molecule has 0 aromatic heterocycles. The van der Waals surface area contributed by atoms with Crippen molar-refractivity contribution in [3.05, 3.63) is 29.3 Å². The van der Waals surface area contributed by atoms with Gasteiger partial charge in [0.25, 0.3) is 5.91 Å². The Bertz CT molecular complexity index is 528. The van der Waals surface area contributed by atoms with Crippen LogP contribution in [0.25, 0.3) is 0 Å². The Kier molecular flexibility index (Phi) is 4.27. The molecule has 1 fully saturated rings. The van der Waals surface area contributed by atoms with E-state index in [0.29, 0.717) is 24.2 Å². The van der Waals surface area contributed by atoms with Gasteiger partial charge in [0.2, 0.25) is 0 Å². The Hall–Kier alpha value is -2.04. The summed E-state index contributed by atoms with van der Waals surface area (Å²) in [5.41, 5.74) is 7.88. The summed E-state index contributed by atoms with van der Waals surface area (Å²) in [5, 5.41) is 0. The molecule has 0 bridgehead atoms. The van der Waals surface area contributed by atoms with Crippen molar-refractivity contribution in [2.24, 2.45) is 0 Å². The lowest BCUT2D eigenvalue weighted by molar-refractivity contribution is -0.147. The molecular weight excluding hydrogens is 256 g/mol. The zero-order chi connectivity index (χ0) is 14.7. The first kappa shape index (κ1) is 14.4. The van der Waals surface area contributed by atoms with Crippen LogP contribution in [0, 0.1) is 6.92 Å². The SMILES string of the molecule is COC(=O)C1CCCCN1C(=O)c1ccc(C)c(N)c1. The molecule has 1 atom stereocenters. The van der Waals surface area contributed by atoms with Gasteiger partial charge >= 0.3 is 5.97 Å². The number of amides is 1. The normalized spacial score (nSPS) is 18.7. The summed E-state index contributed by atoms with van der Waals surface area (Å²) in [7, 11) is 1.35. The van der Waals surface area contributed by atoms with Crippen molar-refractivity contribution in [2.45, 2.75) is 32.2 Å². The minimum Gasteiger partial charge on any atom is -0.467 e. The minimum absolute atomic E-state index is 0.160. The largest absolute Gasteiger partial charge is 0.467 e. The third kappa shape index (κ3) is 2.76. The van der Waals surface area contributed by atoms with Crippen LogP contribution in [0.3, 0.4) is 0 Å². The fourth-order valence-corrected chi connectivity index (χ4v) is 2.50. The molecule has 2 rings (SSSR count). The fourth-order valence-electron chi connectivity index (χ4n) is 2.50. The number of likely N-dealkylation sites (tertiary alicyclic amines) is 1. The Labute approximate surface area is 118 Å². The molecule has 5 nitrogen and oxygen atoms in total. The van der Waals surface area contributed by atoms with Gasteiger partial charge < -0.3 is 15.4 Å². The minimum atomic E-state index is -0.483. The number of carbonyl (C=O) groups is 2. The second-order valence-corrected chi connectivity index (χ2v) is 5.10. The first-order chi connectivity index (χ1) is 9.54. The van der Waals surface area contributed by atoms with Crippen molar-refractivity contribution in [3.63, 3.8) is 0 Å². The van der Waals surface area contributed by atoms with Crippen molar-refractivity contribution in [1.29, 1.82) is 0 Å². The number of hydrogen-bond acceptors (Lipinski definition) is 4. The number of rotatable bonds is 2. The average Bonchev–Trinajstić information content (AvgIpc) is 2.48. The van der Waals surface area contributed by atoms with E-state index in [1.807, 2.05) is 13.0 Å². The molecule has 1 aromatic carbocycles. The van der Waals surface area contributed by atoms with Crippen molar-refractivity contribution in [1.82, 2.24) is 4.90 Å². The van der Waals surface area contributed by atoms with Crippen molar-refractivity contribution >= 4 is 17.6 Å². The van der Waals surface area contributed by atoms with Gasteiger partial charge in [-0.05, 0) is 43.9 Å². The van der Waals surface area contributed by atoms with Crippen LogP contribution in [0.4, 0.5) is 5.69 Å². The molecule has 1 amide bonds. The van der Waals surface area contributed by atoms with Crippen LogP contribution in [0.1, 0.15) is 35.2 Å². The predicted molar refractivity (Wildman–Crippen MR) is 76.3 cm³/mol. The zero-order valence-corrected chi connectivity index (χ0v) is 11.9. The molecule has 2 N–H and O–H groups in total. The number of esters is 1. The molecule has 0 aliphatic carbocycles. The van der Waals surface area contributed by atoms with Crippen molar-refractivity contribution in [2.75, 3.05) is 19.4 Å². The molecular formula is C15H20N2O3. The van der Waals surface area contributed by atoms with Gasteiger partial charge in [-0.15, -0.1) is 0 Å². The number of benzene rings is 1. The highest BCUT2D eigenvalue weighted by molar-refractivity contribution is 5.97. The third-order valence-electron chi connectivity index (χ3n) is 3.76. The number of methoxy groups -OCH3 is 1. The molecule has 1 aromatic rings. The number of carbonyl (C=O) groups excluding carboxylic acids is 2. The van der Waals surface area contributed by atoms with E-state index in [1.165, 1.54) is 7.11 Å². The summed E-state index contributed by atoms with van der Waals surface area (Å²) < 4.78 is 4.79. The average molecular weight is 276 g/mol. The van der Waals surface area contributed by atoms with Gasteiger partial charge in [-0.2, -0.15) is 0 Å². The third-order valence-corrected chi connectivity index (χ3v) is 3.76. The van der Waals surface area contributed by atoms with Crippen LogP contribution >= 0.6 is 0 Å². The number of piperidine rings is 1. The van der Waals surface area contributed by atoms with E-state index in [2.05, 4.69) is 0 Å². The van der Waals surface area contributed by atoms with E-state index in [0.717, 1.165) is 18.4 Å². The predicted octanol–water partition coefficient (Wildman–Crippen LogP) is 1.74. The molecule has 1 aliphatic rings. The van der Waals surface area contributed by atoms with Gasteiger partial charge in [-0.1, -0.05) is 6.07 Å². The standard InChI is InChI=1S/C15H20N2O3/c1-10-6-7-11(9-12(10)16)14(18)17-8-4-3-5-13(17)15(19)20-2/h6-7,9,13H,3-5,8,16H2,1-2H3. The Morgan fingerprint density at radius 2 is 2.10 bits per heavy atom. The lowest BCUT2D eigenvalue weighted by atomic mass is 10.0. The number of anilines is 1. The molecule has 20 heavy (non-hydrogen) atoms. The molecule has 1 aliphatic heterocycles. The first-order valence-corrected chi connectivity index (χ1v) is 6.79. The fraction of sp³-hybridized carbons (Fsp3) is 0.467. The van der Waals surface area contributed by atoms with E-state index >= 15 is 0 Å². The quantitative estimate of drug-likeness (QED) is 0.659. The van der Waals surface area contributed by atoms with Crippen LogP contribution in [0.15, 0.2) is 18.2 Å². The number of ether oxygens (including phenoxy) is 1. The van der Waals surface area contributed by atoms with E-state index in [-0.39, 0.29) is 11.9 Å². The summed E-state index contributed by atoms with van der Waals surface area (Å²) in [6, 6.07) is 4.75. The van der Waals surface area contributed by atoms with E-state index < -0.39 is 6.04 Å². The van der Waals surface area contributed by atoms with Crippen LogP contribution in [0.5, 0.6) is 0 Å². The molecule has 1 saturated heterocycles. The number of aryl methyl sites for hydroxylation is 1. The monoisotopic (exact) mass is 276 g/mol. The zero-order valence-electron chi connectivity index (χ0n) is 11.9. The maximum atomic E-state index is 12.6. The van der Waals surface area contributed by atoms with E-state index in [4.69, 9.17) is 10.5 Å². The van der Waals surface area contributed by atoms with Crippen molar-refractivity contribution < 1.29 is 14.3 Å². The van der Waals surface area contributed by atoms with E-state index in [9.17, 15) is 9.59 Å². The molecule has 1 heterocycles. The number of nitrogens with two attached hydrogens (primary N) is 1. The maximum absolute atomic E-state index is 12.6. The molecule has 0 radical (unpaired) electrons. The van der Waals surface area contributed by atoms with Gasteiger partial charge in [-0.3, -0.25) is 4.79 Å². The van der Waals surface area contributed by atoms with Gasteiger partial charge in [0, 0.05) is 17.8 Å². The topological polar surface area (TPSA) is 72.6 Å². The van der Waals surface area contributed by atoms with Crippen molar-refractivity contribution in [3.8, 4) is 0 Å². The Morgan fingerprint density at radius 3 is 2.75 bits per heavy atom. The maximum Gasteiger partial charge on any atom is 0.328 e. The summed E-state index contributed by atoms with van der Waals surface area (Å²) in [6.07, 6.45) is 2.49. The number of nitrogens with zero attached hydrogens (tertiary/aromatic N) is 1. The van der Waals surface area contributed by atoms with Gasteiger partial charge in [-0.25, -0.2) is 4.79 Å². The van der Waals surface area contributed by atoms with Gasteiger partial charge in [0.1, 0.15) is 6.04 Å². The summed E-state index contributed by atoms with van der Waals surface area (Å²) in [4.78, 5) is 25.9. The Morgan fingerprint density at radius 1 is 1.35 bits per heavy atom. The highest BCUT2D eigenvalue weighted by atomic mass is 16.5. The number of nitrogen functional groups attached to an aromatic ring is 1. The molecule has 0 saturated carbocycles. The van der Waals surface area contributed by atoms with Crippen LogP contribution in [0.2, 0.25) is 0 Å². The second kappa shape index (κ2) is 5.94. The van der Waals surface area contributed by atoms with Gasteiger partial charge in [0.15, 0.2) is 0 Å². The number of hydrogen-bond donors (Lipinski definition) is 1. The summed E-state index contributed by atoms with van der Waals surface area (Å²) >= 11 is 0. The van der Waals surface area contributed by atoms with Gasteiger partial charge in [0.05, 0.1) is 7.11 Å². The highest BCUT2D eigenvalue weighted by Gasteiger charge is 2.33. The smallest absolute Gasteiger partial charge is 0.328 e. The van der Waals surface area contributed by atoms with E-state index in [1.54, 1.807) is 17.0 Å². The second-order valence-electron chi connectivity index (χ2n) is 5.10. The highest BCUT2D eigenvalue weighted by Crippen LogP contribution is 2.22. The first-order valence-electron chi connectivity index (χ1n) is 6.79. The molecule has 1 unspecified atom stereocenters. The van der Waals surface area contributed by atoms with Crippen LogP contribution in [-0.2, 0) is 9.53 Å². The summed E-state index contributed by atoms with van der Waals surface area (Å²) in [6.45, 7) is 2.47.